The fourth-order valence-corrected chi connectivity index (χ4v) is 4.36. The van der Waals surface area contributed by atoms with E-state index in [1.807, 2.05) is 5.38 Å². The van der Waals surface area contributed by atoms with Crippen LogP contribution < -0.4 is 4.72 Å². The van der Waals surface area contributed by atoms with Crippen molar-refractivity contribution < 1.29 is 8.42 Å². The van der Waals surface area contributed by atoms with Crippen LogP contribution in [0, 0.1) is 0 Å². The third-order valence-corrected chi connectivity index (χ3v) is 5.95. The lowest BCUT2D eigenvalue weighted by molar-refractivity contribution is 0.583. The first kappa shape index (κ1) is 13.0. The molecular weight excluding hydrogens is 300 g/mol. The van der Waals surface area contributed by atoms with Crippen LogP contribution in [0.2, 0.25) is 4.34 Å². The third-order valence-electron chi connectivity index (χ3n) is 1.93. The molecule has 2 aromatic rings. The van der Waals surface area contributed by atoms with Gasteiger partial charge >= 0.3 is 0 Å². The average molecular weight is 309 g/mol. The minimum atomic E-state index is -3.43. The molecule has 0 saturated carbocycles. The van der Waals surface area contributed by atoms with Gasteiger partial charge in [-0.25, -0.2) is 18.1 Å². The van der Waals surface area contributed by atoms with E-state index >= 15 is 0 Å². The Hall–Kier alpha value is -0.470. The van der Waals surface area contributed by atoms with E-state index in [1.165, 1.54) is 17.4 Å². The molecule has 2 rings (SSSR count). The Kier molecular flexibility index (Phi) is 4.16. The maximum Gasteiger partial charge on any atom is 0.250 e. The molecule has 0 fully saturated rings. The number of rotatable bonds is 5. The monoisotopic (exact) mass is 308 g/mol. The van der Waals surface area contributed by atoms with Gasteiger partial charge in [0.1, 0.15) is 4.21 Å². The van der Waals surface area contributed by atoms with Gasteiger partial charge in [-0.1, -0.05) is 11.6 Å². The normalized spacial score (nSPS) is 11.8. The molecule has 4 nitrogen and oxygen atoms in total. The van der Waals surface area contributed by atoms with Crippen LogP contribution in [-0.4, -0.2) is 19.9 Å². The minimum Gasteiger partial charge on any atom is -0.250 e. The highest BCUT2D eigenvalue weighted by atomic mass is 35.5. The second-order valence-electron chi connectivity index (χ2n) is 3.13. The summed E-state index contributed by atoms with van der Waals surface area (Å²) < 4.78 is 26.8. The van der Waals surface area contributed by atoms with Gasteiger partial charge in [0, 0.05) is 24.5 Å². The molecule has 0 amide bonds. The Morgan fingerprint density at radius 1 is 1.41 bits per heavy atom. The maximum atomic E-state index is 11.8. The number of nitrogens with zero attached hydrogens (tertiary/aromatic N) is 1. The van der Waals surface area contributed by atoms with E-state index in [0.717, 1.165) is 16.3 Å². The Balaban J connectivity index is 1.94. The first-order valence-electron chi connectivity index (χ1n) is 4.71. The van der Waals surface area contributed by atoms with Crippen molar-refractivity contribution in [2.75, 3.05) is 6.54 Å². The van der Waals surface area contributed by atoms with Crippen molar-refractivity contribution in [3.8, 4) is 0 Å². The van der Waals surface area contributed by atoms with E-state index in [2.05, 4.69) is 9.71 Å². The van der Waals surface area contributed by atoms with Crippen molar-refractivity contribution in [1.82, 2.24) is 9.71 Å². The fourth-order valence-electron chi connectivity index (χ4n) is 1.18. The van der Waals surface area contributed by atoms with Crippen LogP contribution in [0.4, 0.5) is 0 Å². The number of sulfonamides is 1. The van der Waals surface area contributed by atoms with Gasteiger partial charge < -0.3 is 0 Å². The number of aromatic nitrogens is 1. The summed E-state index contributed by atoms with van der Waals surface area (Å²) >= 11 is 8.25. The molecule has 0 radical (unpaired) electrons. The Labute approximate surface area is 112 Å². The van der Waals surface area contributed by atoms with E-state index in [-0.39, 0.29) is 4.21 Å². The minimum absolute atomic E-state index is 0.238. The van der Waals surface area contributed by atoms with Gasteiger partial charge in [-0.05, 0) is 12.1 Å². The van der Waals surface area contributed by atoms with Crippen molar-refractivity contribution in [3.05, 3.63) is 33.1 Å². The van der Waals surface area contributed by atoms with Crippen LogP contribution in [0.25, 0.3) is 0 Å². The molecule has 2 aromatic heterocycles. The predicted octanol–water partition coefficient (Wildman–Crippen LogP) is 2.38. The number of halogens is 1. The average Bonchev–Trinajstić information content (AvgIpc) is 2.89. The largest absolute Gasteiger partial charge is 0.250 e. The van der Waals surface area contributed by atoms with Crippen LogP contribution >= 0.6 is 34.3 Å². The van der Waals surface area contributed by atoms with Crippen LogP contribution in [0.3, 0.4) is 0 Å². The standard InChI is InChI=1S/C9H9ClN2O2S3/c10-7-1-2-9(16-7)17(13,14)12-4-3-8-11-5-6-15-8/h1-2,5-6,12H,3-4H2. The summed E-state index contributed by atoms with van der Waals surface area (Å²) in [6.07, 6.45) is 2.30. The van der Waals surface area contributed by atoms with Crippen molar-refractivity contribution in [2.45, 2.75) is 10.6 Å². The summed E-state index contributed by atoms with van der Waals surface area (Å²) in [6.45, 7) is 0.339. The fraction of sp³-hybridized carbons (Fsp3) is 0.222. The lowest BCUT2D eigenvalue weighted by atomic mass is 10.5. The van der Waals surface area contributed by atoms with E-state index < -0.39 is 10.0 Å². The van der Waals surface area contributed by atoms with Crippen molar-refractivity contribution in [2.24, 2.45) is 0 Å². The number of hydrogen-bond acceptors (Lipinski definition) is 5. The molecule has 0 aromatic carbocycles. The molecule has 8 heteroatoms. The van der Waals surface area contributed by atoms with Crippen LogP contribution in [0.1, 0.15) is 5.01 Å². The first-order valence-corrected chi connectivity index (χ1v) is 8.27. The molecule has 2 heterocycles. The molecule has 1 N–H and O–H groups in total. The highest BCUT2D eigenvalue weighted by molar-refractivity contribution is 7.91. The zero-order valence-corrected chi connectivity index (χ0v) is 11.8. The molecule has 0 bridgehead atoms. The lowest BCUT2D eigenvalue weighted by Crippen LogP contribution is -2.25. The summed E-state index contributed by atoms with van der Waals surface area (Å²) in [5, 5.41) is 2.78. The Morgan fingerprint density at radius 2 is 2.24 bits per heavy atom. The topological polar surface area (TPSA) is 59.1 Å². The zero-order valence-electron chi connectivity index (χ0n) is 8.59. The molecular formula is C9H9ClN2O2S3. The van der Waals surface area contributed by atoms with Gasteiger partial charge in [-0.2, -0.15) is 0 Å². The summed E-state index contributed by atoms with van der Waals surface area (Å²) in [5.41, 5.74) is 0. The molecule has 0 atom stereocenters. The second kappa shape index (κ2) is 5.45. The van der Waals surface area contributed by atoms with Crippen molar-refractivity contribution >= 4 is 44.3 Å². The lowest BCUT2D eigenvalue weighted by Gasteiger charge is -2.02. The van der Waals surface area contributed by atoms with Gasteiger partial charge in [-0.3, -0.25) is 0 Å². The van der Waals surface area contributed by atoms with Crippen LogP contribution in [-0.2, 0) is 16.4 Å². The van der Waals surface area contributed by atoms with Crippen molar-refractivity contribution in [1.29, 1.82) is 0 Å². The molecule has 0 saturated heterocycles. The molecule has 0 aliphatic rings. The first-order chi connectivity index (χ1) is 8.08. The number of nitrogens with one attached hydrogen (secondary N) is 1. The van der Waals surface area contributed by atoms with Gasteiger partial charge in [-0.15, -0.1) is 22.7 Å². The number of thiazole rings is 1. The van der Waals surface area contributed by atoms with Crippen LogP contribution in [0.5, 0.6) is 0 Å². The number of hydrogen-bond donors (Lipinski definition) is 1. The molecule has 0 aliphatic carbocycles. The number of thiophene rings is 1. The highest BCUT2D eigenvalue weighted by Gasteiger charge is 2.15. The summed E-state index contributed by atoms with van der Waals surface area (Å²) in [5.74, 6) is 0. The summed E-state index contributed by atoms with van der Waals surface area (Å²) in [6, 6.07) is 3.07. The SMILES string of the molecule is O=S(=O)(NCCc1nccs1)c1ccc(Cl)s1. The smallest absolute Gasteiger partial charge is 0.250 e. The van der Waals surface area contributed by atoms with Gasteiger partial charge in [0.15, 0.2) is 0 Å². The van der Waals surface area contributed by atoms with E-state index in [9.17, 15) is 8.42 Å². The van der Waals surface area contributed by atoms with E-state index in [0.29, 0.717) is 17.3 Å². The van der Waals surface area contributed by atoms with Gasteiger partial charge in [0.05, 0.1) is 9.34 Å². The summed E-state index contributed by atoms with van der Waals surface area (Å²) in [7, 11) is -3.43. The molecule has 92 valence electrons. The molecule has 0 aliphatic heterocycles. The highest BCUT2D eigenvalue weighted by Crippen LogP contribution is 2.25. The zero-order chi connectivity index (χ0) is 12.3. The van der Waals surface area contributed by atoms with Crippen molar-refractivity contribution in [3.63, 3.8) is 0 Å². The maximum absolute atomic E-state index is 11.8. The molecule has 17 heavy (non-hydrogen) atoms. The molecule has 0 spiro atoms. The predicted molar refractivity (Wildman–Crippen MR) is 70.3 cm³/mol. The van der Waals surface area contributed by atoms with E-state index in [4.69, 9.17) is 11.6 Å². The second-order valence-corrected chi connectivity index (χ2v) is 7.82. The third kappa shape index (κ3) is 3.49. The quantitative estimate of drug-likeness (QED) is 0.922. The Bertz CT molecular complexity index is 577. The molecule has 0 unspecified atom stereocenters. The Morgan fingerprint density at radius 3 is 2.82 bits per heavy atom. The van der Waals surface area contributed by atoms with Gasteiger partial charge in [0.2, 0.25) is 10.0 Å². The van der Waals surface area contributed by atoms with Gasteiger partial charge in [0.25, 0.3) is 0 Å². The summed E-state index contributed by atoms with van der Waals surface area (Å²) in [4.78, 5) is 4.08. The van der Waals surface area contributed by atoms with Crippen LogP contribution in [0.15, 0.2) is 27.9 Å². The van der Waals surface area contributed by atoms with E-state index in [1.54, 1.807) is 12.3 Å².